The van der Waals surface area contributed by atoms with Crippen LogP contribution in [0, 0.1) is 23.4 Å². The lowest BCUT2D eigenvalue weighted by molar-refractivity contribution is 0.0695. The van der Waals surface area contributed by atoms with Gasteiger partial charge >= 0.3 is 5.97 Å². The fraction of sp³-hybridized carbons (Fsp3) is 0.444. The van der Waals surface area contributed by atoms with Crippen LogP contribution in [0.25, 0.3) is 10.9 Å². The van der Waals surface area contributed by atoms with Gasteiger partial charge in [0, 0.05) is 25.8 Å². The lowest BCUT2D eigenvalue weighted by Crippen LogP contribution is -2.27. The number of hydrogen-bond acceptors (Lipinski definition) is 4. The third-order valence-corrected chi connectivity index (χ3v) is 4.98. The summed E-state index contributed by atoms with van der Waals surface area (Å²) in [6, 6.07) is 0. The van der Waals surface area contributed by atoms with E-state index in [1.54, 1.807) is 14.0 Å². The minimum absolute atomic E-state index is 0.0842. The van der Waals surface area contributed by atoms with E-state index < -0.39 is 51.0 Å². The topological polar surface area (TPSA) is 74.6 Å². The van der Waals surface area contributed by atoms with Gasteiger partial charge in [0.05, 0.1) is 10.9 Å². The van der Waals surface area contributed by atoms with E-state index in [1.165, 1.54) is 4.90 Å². The van der Waals surface area contributed by atoms with E-state index in [0.29, 0.717) is 26.1 Å². The van der Waals surface area contributed by atoms with E-state index in [-0.39, 0.29) is 12.5 Å². The fourth-order valence-corrected chi connectivity index (χ4v) is 3.70. The van der Waals surface area contributed by atoms with Gasteiger partial charge in [-0.3, -0.25) is 4.79 Å². The number of nitrogens with one attached hydrogen (secondary N) is 1. The molecule has 27 heavy (non-hydrogen) atoms. The molecule has 0 aliphatic carbocycles. The van der Waals surface area contributed by atoms with E-state index in [4.69, 9.17) is 5.11 Å². The zero-order chi connectivity index (χ0) is 19.9. The average Bonchev–Trinajstić information content (AvgIpc) is 3.07. The van der Waals surface area contributed by atoms with Gasteiger partial charge in [-0.15, -0.1) is 0 Å². The SMILES string of the molecule is CCn1cc(C(=O)O)c(=O)c2c(F)c(F)c(N3CCC(CNC)C3)c(F)c21. The van der Waals surface area contributed by atoms with Crippen LogP contribution in [0.15, 0.2) is 11.0 Å². The molecule has 0 spiro atoms. The third kappa shape index (κ3) is 3.05. The second-order valence-corrected chi connectivity index (χ2v) is 6.64. The van der Waals surface area contributed by atoms with Gasteiger partial charge in [0.25, 0.3) is 0 Å². The summed E-state index contributed by atoms with van der Waals surface area (Å²) < 4.78 is 45.9. The number of benzene rings is 1. The average molecular weight is 383 g/mol. The first-order chi connectivity index (χ1) is 12.8. The van der Waals surface area contributed by atoms with E-state index in [2.05, 4.69) is 5.32 Å². The smallest absolute Gasteiger partial charge is 0.341 e. The molecule has 1 unspecified atom stereocenters. The van der Waals surface area contributed by atoms with Gasteiger partial charge < -0.3 is 19.9 Å². The number of fused-ring (bicyclic) bond motifs is 1. The van der Waals surface area contributed by atoms with Crippen LogP contribution in [0.5, 0.6) is 0 Å². The van der Waals surface area contributed by atoms with Crippen LogP contribution in [0.1, 0.15) is 23.7 Å². The summed E-state index contributed by atoms with van der Waals surface area (Å²) in [5.74, 6) is -5.45. The Kier molecular flexibility index (Phi) is 5.14. The normalized spacial score (nSPS) is 17.1. The molecule has 0 saturated carbocycles. The molecule has 1 fully saturated rings. The van der Waals surface area contributed by atoms with Crippen LogP contribution in [0.3, 0.4) is 0 Å². The summed E-state index contributed by atoms with van der Waals surface area (Å²) in [5, 5.41) is 11.3. The number of nitrogens with zero attached hydrogens (tertiary/aromatic N) is 2. The number of anilines is 1. The number of aryl methyl sites for hydroxylation is 1. The van der Waals surface area contributed by atoms with Crippen molar-refractivity contribution in [2.45, 2.75) is 19.9 Å². The van der Waals surface area contributed by atoms with E-state index in [9.17, 15) is 18.4 Å². The van der Waals surface area contributed by atoms with Gasteiger partial charge in [0.2, 0.25) is 5.43 Å². The van der Waals surface area contributed by atoms with Gasteiger partial charge in [-0.2, -0.15) is 0 Å². The maximum Gasteiger partial charge on any atom is 0.341 e. The van der Waals surface area contributed by atoms with Crippen LogP contribution in [0.2, 0.25) is 0 Å². The Bertz CT molecular complexity index is 974. The van der Waals surface area contributed by atoms with E-state index >= 15 is 4.39 Å². The van der Waals surface area contributed by atoms with Crippen molar-refractivity contribution in [1.82, 2.24) is 9.88 Å². The molecule has 9 heteroatoms. The van der Waals surface area contributed by atoms with Crippen molar-refractivity contribution in [3.05, 3.63) is 39.4 Å². The molecule has 1 aromatic heterocycles. The van der Waals surface area contributed by atoms with Crippen LogP contribution in [-0.2, 0) is 6.54 Å². The van der Waals surface area contributed by atoms with Crippen molar-refractivity contribution in [2.75, 3.05) is 31.6 Å². The summed E-state index contributed by atoms with van der Waals surface area (Å²) in [4.78, 5) is 25.0. The number of pyridine rings is 1. The number of carboxylic acids is 1. The molecule has 0 bridgehead atoms. The summed E-state index contributed by atoms with van der Waals surface area (Å²) >= 11 is 0. The Labute approximate surface area is 153 Å². The predicted molar refractivity (Wildman–Crippen MR) is 95.0 cm³/mol. The first-order valence-corrected chi connectivity index (χ1v) is 8.68. The first-order valence-electron chi connectivity index (χ1n) is 8.68. The second-order valence-electron chi connectivity index (χ2n) is 6.64. The van der Waals surface area contributed by atoms with Gasteiger partial charge in [-0.25, -0.2) is 18.0 Å². The molecule has 1 atom stereocenters. The molecule has 1 aliphatic heterocycles. The largest absolute Gasteiger partial charge is 0.477 e. The highest BCUT2D eigenvalue weighted by Gasteiger charge is 2.32. The van der Waals surface area contributed by atoms with Crippen molar-refractivity contribution in [3.63, 3.8) is 0 Å². The van der Waals surface area contributed by atoms with Crippen molar-refractivity contribution in [3.8, 4) is 0 Å². The molecule has 1 aliphatic rings. The quantitative estimate of drug-likeness (QED) is 0.775. The number of aromatic nitrogens is 1. The minimum atomic E-state index is -1.58. The van der Waals surface area contributed by atoms with E-state index in [0.717, 1.165) is 10.8 Å². The summed E-state index contributed by atoms with van der Waals surface area (Å²) in [5.41, 5.74) is -2.90. The van der Waals surface area contributed by atoms with Crippen molar-refractivity contribution >= 4 is 22.6 Å². The van der Waals surface area contributed by atoms with Crippen LogP contribution < -0.4 is 15.6 Å². The summed E-state index contributed by atoms with van der Waals surface area (Å²) in [6.07, 6.45) is 1.66. The zero-order valence-electron chi connectivity index (χ0n) is 15.0. The minimum Gasteiger partial charge on any atom is -0.477 e. The highest BCUT2D eigenvalue weighted by Crippen LogP contribution is 2.35. The van der Waals surface area contributed by atoms with Crippen LogP contribution in [0.4, 0.5) is 18.9 Å². The monoisotopic (exact) mass is 383 g/mol. The molecule has 0 amide bonds. The molecule has 3 rings (SSSR count). The highest BCUT2D eigenvalue weighted by atomic mass is 19.2. The maximum absolute atomic E-state index is 15.3. The molecule has 2 aromatic rings. The molecule has 6 nitrogen and oxygen atoms in total. The Hall–Kier alpha value is -2.55. The predicted octanol–water partition coefficient (Wildman–Crippen LogP) is 2.18. The van der Waals surface area contributed by atoms with Crippen molar-refractivity contribution < 1.29 is 23.1 Å². The highest BCUT2D eigenvalue weighted by molar-refractivity contribution is 5.94. The maximum atomic E-state index is 15.3. The molecule has 1 aromatic carbocycles. The standard InChI is InChI=1S/C18H20F3N3O3/c1-3-23-8-10(18(26)27)17(25)11-12(19)13(20)16(14(21)15(11)23)24-5-4-9(7-24)6-22-2/h8-9,22H,3-7H2,1-2H3,(H,26,27). The fourth-order valence-electron chi connectivity index (χ4n) is 3.70. The molecule has 0 radical (unpaired) electrons. The Morgan fingerprint density at radius 2 is 2.00 bits per heavy atom. The molecule has 2 N–H and O–H groups in total. The summed E-state index contributed by atoms with van der Waals surface area (Å²) in [6.45, 7) is 3.05. The van der Waals surface area contributed by atoms with Crippen LogP contribution >= 0.6 is 0 Å². The third-order valence-electron chi connectivity index (χ3n) is 4.98. The molecular weight excluding hydrogens is 363 g/mol. The molecule has 2 heterocycles. The first kappa shape index (κ1) is 19.2. The van der Waals surface area contributed by atoms with E-state index in [1.807, 2.05) is 0 Å². The van der Waals surface area contributed by atoms with Gasteiger partial charge in [-0.1, -0.05) is 0 Å². The lowest BCUT2D eigenvalue weighted by atomic mass is 10.1. The lowest BCUT2D eigenvalue weighted by Gasteiger charge is -2.23. The zero-order valence-corrected chi connectivity index (χ0v) is 15.0. The number of rotatable bonds is 5. The number of carbonyl (C=O) groups is 1. The second kappa shape index (κ2) is 7.22. The Morgan fingerprint density at radius 1 is 1.30 bits per heavy atom. The number of hydrogen-bond donors (Lipinski definition) is 2. The Balaban J connectivity index is 2.29. The number of carboxylic acid groups (broad SMARTS) is 1. The summed E-state index contributed by atoms with van der Waals surface area (Å²) in [7, 11) is 1.78. The van der Waals surface area contributed by atoms with Gasteiger partial charge in [0.1, 0.15) is 11.3 Å². The van der Waals surface area contributed by atoms with Crippen LogP contribution in [-0.4, -0.2) is 42.3 Å². The van der Waals surface area contributed by atoms with Gasteiger partial charge in [0.15, 0.2) is 17.5 Å². The van der Waals surface area contributed by atoms with Crippen molar-refractivity contribution in [2.24, 2.45) is 5.92 Å². The molecule has 146 valence electrons. The van der Waals surface area contributed by atoms with Gasteiger partial charge in [-0.05, 0) is 32.9 Å². The molecule has 1 saturated heterocycles. The van der Waals surface area contributed by atoms with Crippen molar-refractivity contribution in [1.29, 1.82) is 0 Å². The Morgan fingerprint density at radius 3 is 2.59 bits per heavy atom. The number of halogens is 3. The number of aromatic carboxylic acids is 1. The molecular formula is C18H20F3N3O3.